The number of hydrogen-bond acceptors (Lipinski definition) is 5. The molecule has 9 heteroatoms. The molecule has 26 heavy (non-hydrogen) atoms. The fraction of sp³-hybridized carbons (Fsp3) is 0.294. The lowest BCUT2D eigenvalue weighted by Gasteiger charge is -2.17. The SMILES string of the molecule is O=c1cc(-c2noc(C(F)(F)F)n2)ccn1CC1(c2cccnc2)CC1. The number of nitrogens with zero attached hydrogens (tertiary/aromatic N) is 4. The van der Waals surface area contributed by atoms with Crippen LogP contribution in [0.3, 0.4) is 0 Å². The highest BCUT2D eigenvalue weighted by atomic mass is 19.4. The van der Waals surface area contributed by atoms with Crippen molar-refractivity contribution in [3.63, 3.8) is 0 Å². The van der Waals surface area contributed by atoms with Crippen molar-refractivity contribution >= 4 is 0 Å². The van der Waals surface area contributed by atoms with E-state index in [0.717, 1.165) is 18.4 Å². The highest BCUT2D eigenvalue weighted by molar-refractivity contribution is 5.52. The summed E-state index contributed by atoms with van der Waals surface area (Å²) in [5, 5.41) is 3.30. The van der Waals surface area contributed by atoms with Gasteiger partial charge < -0.3 is 9.09 Å². The van der Waals surface area contributed by atoms with E-state index in [0.29, 0.717) is 6.54 Å². The molecule has 0 amide bonds. The largest absolute Gasteiger partial charge is 0.471 e. The number of alkyl halides is 3. The molecule has 1 aliphatic rings. The summed E-state index contributed by atoms with van der Waals surface area (Å²) in [6, 6.07) is 6.56. The first-order valence-corrected chi connectivity index (χ1v) is 7.90. The maximum atomic E-state index is 12.5. The zero-order valence-electron chi connectivity index (χ0n) is 13.4. The molecule has 3 aromatic heterocycles. The van der Waals surface area contributed by atoms with Crippen molar-refractivity contribution in [1.29, 1.82) is 0 Å². The molecule has 134 valence electrons. The van der Waals surface area contributed by atoms with Crippen LogP contribution in [0.5, 0.6) is 0 Å². The molecular weight excluding hydrogens is 349 g/mol. The first-order valence-electron chi connectivity index (χ1n) is 7.90. The topological polar surface area (TPSA) is 73.8 Å². The average molecular weight is 362 g/mol. The van der Waals surface area contributed by atoms with E-state index in [1.54, 1.807) is 12.4 Å². The van der Waals surface area contributed by atoms with Crippen LogP contribution in [0.15, 0.2) is 52.2 Å². The highest BCUT2D eigenvalue weighted by Crippen LogP contribution is 2.49. The summed E-state index contributed by atoms with van der Waals surface area (Å²) in [6.45, 7) is 0.484. The first-order chi connectivity index (χ1) is 12.4. The second-order valence-electron chi connectivity index (χ2n) is 6.32. The summed E-state index contributed by atoms with van der Waals surface area (Å²) >= 11 is 0. The van der Waals surface area contributed by atoms with E-state index in [1.807, 2.05) is 12.1 Å². The lowest BCUT2D eigenvalue weighted by Crippen LogP contribution is -2.26. The Balaban J connectivity index is 1.59. The summed E-state index contributed by atoms with van der Waals surface area (Å²) in [5.41, 5.74) is 0.798. The summed E-state index contributed by atoms with van der Waals surface area (Å²) in [6.07, 6.45) is 2.21. The molecule has 6 nitrogen and oxygen atoms in total. The number of hydrogen-bond donors (Lipinski definition) is 0. The zero-order chi connectivity index (χ0) is 18.4. The van der Waals surface area contributed by atoms with Crippen molar-refractivity contribution in [3.8, 4) is 11.4 Å². The summed E-state index contributed by atoms with van der Waals surface area (Å²) < 4.78 is 43.4. The van der Waals surface area contributed by atoms with Crippen LogP contribution in [0.25, 0.3) is 11.4 Å². The Morgan fingerprint density at radius 1 is 1.27 bits per heavy atom. The van der Waals surface area contributed by atoms with Crippen LogP contribution in [0.4, 0.5) is 13.2 Å². The van der Waals surface area contributed by atoms with E-state index >= 15 is 0 Å². The molecule has 0 N–H and O–H groups in total. The number of halogens is 3. The third kappa shape index (κ3) is 3.00. The van der Waals surface area contributed by atoms with Crippen LogP contribution in [0, 0.1) is 0 Å². The molecule has 0 atom stereocenters. The Bertz CT molecular complexity index is 991. The minimum atomic E-state index is -4.72. The van der Waals surface area contributed by atoms with Crippen molar-refractivity contribution in [1.82, 2.24) is 19.7 Å². The lowest BCUT2D eigenvalue weighted by atomic mass is 9.97. The molecule has 0 unspecified atom stereocenters. The van der Waals surface area contributed by atoms with Gasteiger partial charge >= 0.3 is 12.1 Å². The van der Waals surface area contributed by atoms with Crippen molar-refractivity contribution in [2.24, 2.45) is 0 Å². The van der Waals surface area contributed by atoms with Crippen LogP contribution in [-0.4, -0.2) is 19.7 Å². The number of pyridine rings is 2. The predicted molar refractivity (Wildman–Crippen MR) is 84.1 cm³/mol. The van der Waals surface area contributed by atoms with Gasteiger partial charge in [0, 0.05) is 42.2 Å². The molecule has 0 bridgehead atoms. The summed E-state index contributed by atoms with van der Waals surface area (Å²) in [4.78, 5) is 19.8. The Hall–Kier alpha value is -2.97. The van der Waals surface area contributed by atoms with Crippen LogP contribution in [0.1, 0.15) is 24.3 Å². The summed E-state index contributed by atoms with van der Waals surface area (Å²) in [7, 11) is 0. The Morgan fingerprint density at radius 3 is 2.65 bits per heavy atom. The standard InChI is InChI=1S/C17H13F3N4O2/c18-17(19,20)15-22-14(23-26-15)11-3-7-24(13(25)8-11)10-16(4-5-16)12-2-1-6-21-9-12/h1-3,6-9H,4-5,10H2. The van der Waals surface area contributed by atoms with E-state index < -0.39 is 12.1 Å². The van der Waals surface area contributed by atoms with Gasteiger partial charge in [-0.15, -0.1) is 0 Å². The monoisotopic (exact) mass is 362 g/mol. The third-order valence-corrected chi connectivity index (χ3v) is 4.52. The molecule has 3 heterocycles. The lowest BCUT2D eigenvalue weighted by molar-refractivity contribution is -0.159. The molecular formula is C17H13F3N4O2. The quantitative estimate of drug-likeness (QED) is 0.713. The van der Waals surface area contributed by atoms with Crippen LogP contribution >= 0.6 is 0 Å². The molecule has 1 saturated carbocycles. The van der Waals surface area contributed by atoms with Gasteiger partial charge in [0.1, 0.15) is 0 Å². The maximum absolute atomic E-state index is 12.5. The third-order valence-electron chi connectivity index (χ3n) is 4.52. The average Bonchev–Trinajstić information content (AvgIpc) is 3.21. The van der Waals surface area contributed by atoms with Gasteiger partial charge in [0.2, 0.25) is 5.82 Å². The molecule has 0 aromatic carbocycles. The molecule has 0 aliphatic heterocycles. The molecule has 0 saturated heterocycles. The van der Waals surface area contributed by atoms with Crippen molar-refractivity contribution < 1.29 is 17.7 Å². The van der Waals surface area contributed by atoms with E-state index in [4.69, 9.17) is 0 Å². The van der Waals surface area contributed by atoms with Crippen molar-refractivity contribution in [2.45, 2.75) is 31.0 Å². The fourth-order valence-electron chi connectivity index (χ4n) is 2.92. The van der Waals surface area contributed by atoms with Crippen molar-refractivity contribution in [2.75, 3.05) is 0 Å². The predicted octanol–water partition coefficient (Wildman–Crippen LogP) is 3.04. The Morgan fingerprint density at radius 2 is 2.08 bits per heavy atom. The molecule has 1 fully saturated rings. The maximum Gasteiger partial charge on any atom is 0.471 e. The van der Waals surface area contributed by atoms with E-state index in [9.17, 15) is 18.0 Å². The van der Waals surface area contributed by atoms with Gasteiger partial charge in [-0.05, 0) is 30.5 Å². The summed E-state index contributed by atoms with van der Waals surface area (Å²) in [5.74, 6) is -1.71. The second-order valence-corrected chi connectivity index (χ2v) is 6.32. The van der Waals surface area contributed by atoms with Crippen LogP contribution < -0.4 is 5.56 Å². The Kier molecular flexibility index (Phi) is 3.67. The minimum absolute atomic E-state index is 0.116. The zero-order valence-corrected chi connectivity index (χ0v) is 13.4. The van der Waals surface area contributed by atoms with Crippen LogP contribution in [-0.2, 0) is 18.1 Å². The molecule has 1 aliphatic carbocycles. The molecule has 0 spiro atoms. The van der Waals surface area contributed by atoms with E-state index in [2.05, 4.69) is 19.6 Å². The van der Waals surface area contributed by atoms with Gasteiger partial charge in [-0.3, -0.25) is 9.78 Å². The smallest absolute Gasteiger partial charge is 0.329 e. The van der Waals surface area contributed by atoms with Gasteiger partial charge in [-0.25, -0.2) is 0 Å². The van der Waals surface area contributed by atoms with Gasteiger partial charge in [-0.1, -0.05) is 11.2 Å². The fourth-order valence-corrected chi connectivity index (χ4v) is 2.92. The molecule has 4 rings (SSSR count). The van der Waals surface area contributed by atoms with Crippen molar-refractivity contribution in [3.05, 3.63) is 64.7 Å². The Labute approximate surface area is 145 Å². The number of rotatable bonds is 4. The molecule has 3 aromatic rings. The van der Waals surface area contributed by atoms with Gasteiger partial charge in [0.05, 0.1) is 0 Å². The van der Waals surface area contributed by atoms with Crippen LogP contribution in [0.2, 0.25) is 0 Å². The second kappa shape index (κ2) is 5.79. The first kappa shape index (κ1) is 16.5. The molecule has 0 radical (unpaired) electrons. The normalized spacial score (nSPS) is 15.8. The van der Waals surface area contributed by atoms with E-state index in [-0.39, 0.29) is 22.4 Å². The highest BCUT2D eigenvalue weighted by Gasteiger charge is 2.45. The van der Waals surface area contributed by atoms with Gasteiger partial charge in [0.25, 0.3) is 5.56 Å². The van der Waals surface area contributed by atoms with Gasteiger partial charge in [-0.2, -0.15) is 18.2 Å². The number of aromatic nitrogens is 4. The minimum Gasteiger partial charge on any atom is -0.329 e. The van der Waals surface area contributed by atoms with Gasteiger partial charge in [0.15, 0.2) is 0 Å². The van der Waals surface area contributed by atoms with E-state index in [1.165, 1.54) is 22.9 Å².